The van der Waals surface area contributed by atoms with Crippen molar-refractivity contribution in [2.24, 2.45) is 4.99 Å². The molecule has 2 amide bonds. The molecule has 37 heavy (non-hydrogen) atoms. The molecule has 1 atom stereocenters. The fourth-order valence-corrected chi connectivity index (χ4v) is 5.84. The van der Waals surface area contributed by atoms with Crippen molar-refractivity contribution in [3.8, 4) is 0 Å². The minimum Gasteiger partial charge on any atom is -0.444 e. The first-order valence-electron chi connectivity index (χ1n) is 12.1. The zero-order valence-corrected chi connectivity index (χ0v) is 22.8. The van der Waals surface area contributed by atoms with Gasteiger partial charge in [-0.15, -0.1) is 0 Å². The lowest BCUT2D eigenvalue weighted by molar-refractivity contribution is 0.0635. The Balaban J connectivity index is 1.30. The van der Waals surface area contributed by atoms with Gasteiger partial charge in [-0.1, -0.05) is 78.1 Å². The fraction of sp³-hybridized carbons (Fsp3) is 0.276. The Bertz CT molecular complexity index is 1260. The second-order valence-electron chi connectivity index (χ2n) is 9.66. The predicted octanol–water partition coefficient (Wildman–Crippen LogP) is 7.23. The molecule has 3 aromatic rings. The lowest BCUT2D eigenvalue weighted by atomic mass is 10.1. The van der Waals surface area contributed by atoms with Crippen LogP contribution in [0.5, 0.6) is 0 Å². The Kier molecular flexibility index (Phi) is 8.95. The number of carbonyl (C=O) groups is 2. The summed E-state index contributed by atoms with van der Waals surface area (Å²) in [6.07, 6.45) is 0.394. The van der Waals surface area contributed by atoms with Crippen LogP contribution in [0.3, 0.4) is 0 Å². The van der Waals surface area contributed by atoms with Crippen LogP contribution in [0.4, 0.5) is 16.2 Å². The van der Waals surface area contributed by atoms with Crippen LogP contribution < -0.4 is 10.6 Å². The van der Waals surface area contributed by atoms with Gasteiger partial charge in [-0.25, -0.2) is 4.79 Å². The van der Waals surface area contributed by atoms with E-state index in [-0.39, 0.29) is 5.91 Å². The monoisotopic (exact) mass is 533 g/mol. The topological polar surface area (TPSA) is 79.8 Å². The average Bonchev–Trinajstić information content (AvgIpc) is 3.31. The normalized spacial score (nSPS) is 15.1. The first kappa shape index (κ1) is 26.8. The number of aliphatic imine (C=N–C) groups is 1. The van der Waals surface area contributed by atoms with Crippen molar-refractivity contribution in [1.29, 1.82) is 0 Å². The van der Waals surface area contributed by atoms with Gasteiger partial charge < -0.3 is 10.1 Å². The van der Waals surface area contributed by atoms with E-state index in [9.17, 15) is 9.59 Å². The van der Waals surface area contributed by atoms with Crippen molar-refractivity contribution in [1.82, 2.24) is 0 Å². The number of anilines is 2. The molecule has 0 radical (unpaired) electrons. The van der Waals surface area contributed by atoms with Crippen molar-refractivity contribution < 1.29 is 14.3 Å². The summed E-state index contributed by atoms with van der Waals surface area (Å²) in [4.78, 5) is 29.9. The molecule has 0 bridgehead atoms. The number of benzene rings is 3. The Hall–Kier alpha value is -3.23. The number of carbonyl (C=O) groups excluding carboxylic acids is 2. The highest BCUT2D eigenvalue weighted by atomic mass is 32.2. The standard InChI is InChI=1S/C29H31N3O3S2/c1-29(2,3)35-27(34)32-25-12-8-7-11-24(25)31-26(33)22-15-13-21(14-16-22)18-36-28-30-23(19-37-28)17-20-9-5-4-6-10-20/h4-16,23H,17-19H2,1-3H3,(H,31,33)(H,32,34)/t23-/m0/s1. The van der Waals surface area contributed by atoms with Crippen LogP contribution in [0.1, 0.15) is 42.3 Å². The molecule has 6 nitrogen and oxygen atoms in total. The summed E-state index contributed by atoms with van der Waals surface area (Å²) < 4.78 is 6.44. The lowest BCUT2D eigenvalue weighted by Crippen LogP contribution is -2.27. The van der Waals surface area contributed by atoms with Crippen LogP contribution in [-0.4, -0.2) is 33.8 Å². The Labute approximate surface area is 226 Å². The molecular formula is C29H31N3O3S2. The van der Waals surface area contributed by atoms with Crippen LogP contribution in [-0.2, 0) is 16.9 Å². The van der Waals surface area contributed by atoms with E-state index < -0.39 is 11.7 Å². The molecule has 1 aliphatic heterocycles. The summed E-state index contributed by atoms with van der Waals surface area (Å²) in [6, 6.07) is 25.4. The molecule has 0 saturated heterocycles. The molecule has 0 spiro atoms. The van der Waals surface area contributed by atoms with E-state index in [1.54, 1.807) is 56.8 Å². The molecule has 0 saturated carbocycles. The van der Waals surface area contributed by atoms with E-state index in [0.29, 0.717) is 23.0 Å². The van der Waals surface area contributed by atoms with Crippen molar-refractivity contribution >= 4 is 51.3 Å². The van der Waals surface area contributed by atoms with Gasteiger partial charge in [0.25, 0.3) is 5.91 Å². The maximum atomic E-state index is 12.9. The van der Waals surface area contributed by atoms with Gasteiger partial charge in [0, 0.05) is 17.1 Å². The Morgan fingerprint density at radius 2 is 1.57 bits per heavy atom. The lowest BCUT2D eigenvalue weighted by Gasteiger charge is -2.20. The van der Waals surface area contributed by atoms with Crippen LogP contribution >= 0.6 is 23.5 Å². The summed E-state index contributed by atoms with van der Waals surface area (Å²) in [7, 11) is 0. The molecule has 0 unspecified atom stereocenters. The summed E-state index contributed by atoms with van der Waals surface area (Å²) in [5.41, 5.74) is 3.34. The molecule has 0 aliphatic carbocycles. The second-order valence-corrected chi connectivity index (χ2v) is 11.9. The molecule has 0 aromatic heterocycles. The maximum absolute atomic E-state index is 12.9. The van der Waals surface area contributed by atoms with Gasteiger partial charge in [-0.2, -0.15) is 0 Å². The fourth-order valence-electron chi connectivity index (χ4n) is 3.67. The minimum atomic E-state index is -0.616. The zero-order valence-electron chi connectivity index (χ0n) is 21.2. The SMILES string of the molecule is CC(C)(C)OC(=O)Nc1ccccc1NC(=O)c1ccc(CSC2=N[C@@H](Cc3ccccc3)CS2)cc1. The van der Waals surface area contributed by atoms with Crippen LogP contribution in [0.2, 0.25) is 0 Å². The van der Waals surface area contributed by atoms with Crippen molar-refractivity contribution in [3.05, 3.63) is 95.6 Å². The number of thioether (sulfide) groups is 2. The van der Waals surface area contributed by atoms with E-state index >= 15 is 0 Å². The van der Waals surface area contributed by atoms with Crippen molar-refractivity contribution in [2.75, 3.05) is 16.4 Å². The number of hydrogen-bond donors (Lipinski definition) is 2. The van der Waals surface area contributed by atoms with Gasteiger partial charge >= 0.3 is 6.09 Å². The molecular weight excluding hydrogens is 502 g/mol. The average molecular weight is 534 g/mol. The highest BCUT2D eigenvalue weighted by molar-refractivity contribution is 8.38. The smallest absolute Gasteiger partial charge is 0.412 e. The molecule has 8 heteroatoms. The Morgan fingerprint density at radius 3 is 2.24 bits per heavy atom. The summed E-state index contributed by atoms with van der Waals surface area (Å²) in [5.74, 6) is 1.56. The van der Waals surface area contributed by atoms with E-state index in [0.717, 1.165) is 27.9 Å². The second kappa shape index (κ2) is 12.3. The molecule has 1 heterocycles. The molecule has 0 fully saturated rings. The highest BCUT2D eigenvalue weighted by Gasteiger charge is 2.20. The van der Waals surface area contributed by atoms with Crippen molar-refractivity contribution in [2.45, 2.75) is 44.6 Å². The third-order valence-corrected chi connectivity index (χ3v) is 7.83. The summed E-state index contributed by atoms with van der Waals surface area (Å²) >= 11 is 3.56. The number of ether oxygens (including phenoxy) is 1. The highest BCUT2D eigenvalue weighted by Crippen LogP contribution is 2.30. The number of nitrogens with zero attached hydrogens (tertiary/aromatic N) is 1. The summed E-state index contributed by atoms with van der Waals surface area (Å²) in [5, 5.41) is 5.58. The predicted molar refractivity (Wildman–Crippen MR) is 156 cm³/mol. The van der Waals surface area contributed by atoms with E-state index in [2.05, 4.69) is 34.9 Å². The third kappa shape index (κ3) is 8.40. The van der Waals surface area contributed by atoms with Gasteiger partial charge in [0.05, 0.1) is 17.4 Å². The van der Waals surface area contributed by atoms with Crippen LogP contribution in [0.15, 0.2) is 83.9 Å². The number of rotatable bonds is 7. The number of amides is 2. The van der Waals surface area contributed by atoms with Gasteiger partial charge in [0.2, 0.25) is 0 Å². The quantitative estimate of drug-likeness (QED) is 0.335. The first-order valence-corrected chi connectivity index (χ1v) is 14.1. The number of nitrogens with one attached hydrogen (secondary N) is 2. The van der Waals surface area contributed by atoms with Gasteiger partial charge in [0.1, 0.15) is 9.98 Å². The first-order chi connectivity index (χ1) is 17.7. The van der Waals surface area contributed by atoms with Gasteiger partial charge in [0.15, 0.2) is 0 Å². The summed E-state index contributed by atoms with van der Waals surface area (Å²) in [6.45, 7) is 5.39. The van der Waals surface area contributed by atoms with E-state index in [4.69, 9.17) is 9.73 Å². The third-order valence-electron chi connectivity index (χ3n) is 5.39. The maximum Gasteiger partial charge on any atom is 0.412 e. The van der Waals surface area contributed by atoms with Gasteiger partial charge in [-0.3, -0.25) is 15.1 Å². The largest absolute Gasteiger partial charge is 0.444 e. The Morgan fingerprint density at radius 1 is 0.919 bits per heavy atom. The van der Waals surface area contributed by atoms with Crippen molar-refractivity contribution in [3.63, 3.8) is 0 Å². The number of para-hydroxylation sites is 2. The van der Waals surface area contributed by atoms with E-state index in [1.807, 2.05) is 42.1 Å². The van der Waals surface area contributed by atoms with Crippen LogP contribution in [0.25, 0.3) is 0 Å². The van der Waals surface area contributed by atoms with E-state index in [1.165, 1.54) is 5.56 Å². The molecule has 192 valence electrons. The molecule has 3 aromatic carbocycles. The van der Waals surface area contributed by atoms with Gasteiger partial charge in [-0.05, 0) is 62.6 Å². The molecule has 4 rings (SSSR count). The molecule has 1 aliphatic rings. The molecule has 2 N–H and O–H groups in total. The zero-order chi connectivity index (χ0) is 26.3. The number of hydrogen-bond acceptors (Lipinski definition) is 6. The van der Waals surface area contributed by atoms with Crippen LogP contribution in [0, 0.1) is 0 Å². The minimum absolute atomic E-state index is 0.253.